The predicted octanol–water partition coefficient (Wildman–Crippen LogP) is 4.48. The van der Waals surface area contributed by atoms with Gasteiger partial charge >= 0.3 is 0 Å². The zero-order valence-electron chi connectivity index (χ0n) is 14.7. The van der Waals surface area contributed by atoms with Gasteiger partial charge in [0, 0.05) is 11.6 Å². The van der Waals surface area contributed by atoms with Gasteiger partial charge in [-0.2, -0.15) is 0 Å². The van der Waals surface area contributed by atoms with E-state index in [4.69, 9.17) is 27.9 Å². The van der Waals surface area contributed by atoms with E-state index < -0.39 is 0 Å². The van der Waals surface area contributed by atoms with E-state index in [-0.39, 0.29) is 22.2 Å². The van der Waals surface area contributed by atoms with Crippen LogP contribution in [0.4, 0.5) is 5.69 Å². The van der Waals surface area contributed by atoms with Crippen LogP contribution in [0.5, 0.6) is 5.75 Å². The molecule has 0 spiro atoms. The van der Waals surface area contributed by atoms with Gasteiger partial charge in [0.2, 0.25) is 5.91 Å². The summed E-state index contributed by atoms with van der Waals surface area (Å²) in [5.41, 5.74) is 1.39. The molecule has 0 radical (unpaired) electrons. The summed E-state index contributed by atoms with van der Waals surface area (Å²) in [4.78, 5) is 31.2. The number of aromatic amines is 1. The van der Waals surface area contributed by atoms with E-state index in [9.17, 15) is 9.59 Å². The molecule has 0 saturated heterocycles. The highest BCUT2D eigenvalue weighted by atomic mass is 35.5. The number of nitrogens with one attached hydrogen (secondary N) is 2. The first kappa shape index (κ1) is 20.3. The number of halogens is 2. The lowest BCUT2D eigenvalue weighted by molar-refractivity contribution is -0.113. The normalized spacial score (nSPS) is 10.5. The molecule has 2 aromatic carbocycles. The lowest BCUT2D eigenvalue weighted by Gasteiger charge is -2.08. The quantitative estimate of drug-likeness (QED) is 0.440. The molecule has 6 nitrogen and oxygen atoms in total. The number of benzene rings is 2. The minimum Gasteiger partial charge on any atom is -0.497 e. The molecule has 144 valence electrons. The number of nitrogens with zero attached hydrogens (tertiary/aromatic N) is 1. The van der Waals surface area contributed by atoms with E-state index in [1.54, 1.807) is 37.4 Å². The van der Waals surface area contributed by atoms with Crippen molar-refractivity contribution in [2.75, 3.05) is 18.2 Å². The van der Waals surface area contributed by atoms with Gasteiger partial charge in [-0.15, -0.1) is 0 Å². The van der Waals surface area contributed by atoms with Crippen LogP contribution in [0, 0.1) is 0 Å². The van der Waals surface area contributed by atoms with Crippen molar-refractivity contribution in [2.24, 2.45) is 0 Å². The average Bonchev–Trinajstić information content (AvgIpc) is 2.69. The second-order valence-corrected chi connectivity index (χ2v) is 7.35. The Bertz CT molecular complexity index is 1060. The zero-order chi connectivity index (χ0) is 20.1. The third kappa shape index (κ3) is 5.07. The third-order valence-corrected chi connectivity index (χ3v) is 5.36. The standard InChI is InChI=1S/C19H15Cl2N3O3S/c1-27-12-7-5-11(6-8-12)15-9-16(25)24-19(23-15)28-10-17(26)22-14-4-2-3-13(20)18(14)21/h2-9H,10H2,1H3,(H,22,26)(H,23,24,25). The number of hydrogen-bond acceptors (Lipinski definition) is 5. The van der Waals surface area contributed by atoms with Crippen LogP contribution in [-0.4, -0.2) is 28.7 Å². The van der Waals surface area contributed by atoms with Crippen molar-refractivity contribution in [2.45, 2.75) is 5.16 Å². The van der Waals surface area contributed by atoms with Gasteiger partial charge in [0.05, 0.1) is 34.3 Å². The van der Waals surface area contributed by atoms with Gasteiger partial charge in [0.1, 0.15) is 5.75 Å². The highest BCUT2D eigenvalue weighted by molar-refractivity contribution is 7.99. The van der Waals surface area contributed by atoms with Crippen molar-refractivity contribution in [3.63, 3.8) is 0 Å². The molecule has 0 saturated carbocycles. The second kappa shape index (κ2) is 9.14. The smallest absolute Gasteiger partial charge is 0.252 e. The second-order valence-electron chi connectivity index (χ2n) is 5.60. The molecule has 0 aliphatic rings. The maximum absolute atomic E-state index is 12.2. The molecule has 0 fully saturated rings. The summed E-state index contributed by atoms with van der Waals surface area (Å²) < 4.78 is 5.13. The Morgan fingerprint density at radius 3 is 2.68 bits per heavy atom. The number of carbonyl (C=O) groups excluding carboxylic acids is 1. The number of anilines is 1. The molecule has 0 aliphatic carbocycles. The third-order valence-electron chi connectivity index (χ3n) is 3.67. The molecule has 0 unspecified atom stereocenters. The molecular formula is C19H15Cl2N3O3S. The van der Waals surface area contributed by atoms with E-state index in [2.05, 4.69) is 15.3 Å². The molecule has 0 atom stereocenters. The molecule has 1 aromatic heterocycles. The first-order valence-electron chi connectivity index (χ1n) is 8.08. The Morgan fingerprint density at radius 1 is 1.21 bits per heavy atom. The number of carbonyl (C=O) groups is 1. The van der Waals surface area contributed by atoms with Gasteiger partial charge in [0.25, 0.3) is 5.56 Å². The summed E-state index contributed by atoms with van der Waals surface area (Å²) in [6, 6.07) is 13.6. The van der Waals surface area contributed by atoms with Crippen molar-refractivity contribution in [3.05, 3.63) is 68.9 Å². The van der Waals surface area contributed by atoms with E-state index in [0.29, 0.717) is 27.3 Å². The summed E-state index contributed by atoms with van der Waals surface area (Å²) in [6.45, 7) is 0. The number of methoxy groups -OCH3 is 1. The summed E-state index contributed by atoms with van der Waals surface area (Å²) in [5.74, 6) is 0.448. The van der Waals surface area contributed by atoms with E-state index in [1.807, 2.05) is 12.1 Å². The number of aromatic nitrogens is 2. The Morgan fingerprint density at radius 2 is 1.96 bits per heavy atom. The number of ether oxygens (including phenoxy) is 1. The minimum absolute atomic E-state index is 0.0395. The molecule has 1 amide bonds. The monoisotopic (exact) mass is 435 g/mol. The van der Waals surface area contributed by atoms with Gasteiger partial charge < -0.3 is 15.0 Å². The number of hydrogen-bond donors (Lipinski definition) is 2. The average molecular weight is 436 g/mol. The van der Waals surface area contributed by atoms with Crippen LogP contribution < -0.4 is 15.6 Å². The summed E-state index contributed by atoms with van der Waals surface area (Å²) >= 11 is 13.1. The Balaban J connectivity index is 1.70. The fourth-order valence-electron chi connectivity index (χ4n) is 2.33. The van der Waals surface area contributed by atoms with Crippen LogP contribution in [0.25, 0.3) is 11.3 Å². The summed E-state index contributed by atoms with van der Waals surface area (Å²) in [7, 11) is 1.58. The highest BCUT2D eigenvalue weighted by Gasteiger charge is 2.11. The van der Waals surface area contributed by atoms with Crippen LogP contribution in [0.1, 0.15) is 0 Å². The first-order chi connectivity index (χ1) is 13.5. The fourth-order valence-corrected chi connectivity index (χ4v) is 3.36. The molecule has 0 aliphatic heterocycles. The number of H-pyrrole nitrogens is 1. The summed E-state index contributed by atoms with van der Waals surface area (Å²) in [6.07, 6.45) is 0. The van der Waals surface area contributed by atoms with Gasteiger partial charge in [-0.25, -0.2) is 4.98 Å². The van der Waals surface area contributed by atoms with Crippen LogP contribution >= 0.6 is 35.0 Å². The maximum atomic E-state index is 12.2. The van der Waals surface area contributed by atoms with Crippen LogP contribution in [0.3, 0.4) is 0 Å². The zero-order valence-corrected chi connectivity index (χ0v) is 17.0. The van der Waals surface area contributed by atoms with Crippen LogP contribution in [0.2, 0.25) is 10.0 Å². The molecule has 9 heteroatoms. The lowest BCUT2D eigenvalue weighted by atomic mass is 10.1. The molecule has 3 aromatic rings. The molecule has 2 N–H and O–H groups in total. The van der Waals surface area contributed by atoms with Gasteiger partial charge in [0.15, 0.2) is 5.16 Å². The first-order valence-corrected chi connectivity index (χ1v) is 9.83. The largest absolute Gasteiger partial charge is 0.497 e. The van der Waals surface area contributed by atoms with Crippen molar-refractivity contribution in [1.82, 2.24) is 9.97 Å². The van der Waals surface area contributed by atoms with Crippen molar-refractivity contribution < 1.29 is 9.53 Å². The Kier molecular flexibility index (Phi) is 6.61. The van der Waals surface area contributed by atoms with E-state index in [1.165, 1.54) is 6.07 Å². The topological polar surface area (TPSA) is 84.1 Å². The van der Waals surface area contributed by atoms with Gasteiger partial charge in [-0.1, -0.05) is 41.0 Å². The molecular weight excluding hydrogens is 421 g/mol. The van der Waals surface area contributed by atoms with Crippen molar-refractivity contribution >= 4 is 46.6 Å². The maximum Gasteiger partial charge on any atom is 0.252 e. The minimum atomic E-state index is -0.304. The number of amides is 1. The van der Waals surface area contributed by atoms with Crippen LogP contribution in [-0.2, 0) is 4.79 Å². The van der Waals surface area contributed by atoms with Crippen molar-refractivity contribution in [3.8, 4) is 17.0 Å². The predicted molar refractivity (Wildman–Crippen MR) is 113 cm³/mol. The fraction of sp³-hybridized carbons (Fsp3) is 0.105. The van der Waals surface area contributed by atoms with E-state index in [0.717, 1.165) is 17.3 Å². The Labute approximate surface area is 175 Å². The molecule has 28 heavy (non-hydrogen) atoms. The number of rotatable bonds is 6. The SMILES string of the molecule is COc1ccc(-c2cc(=O)[nH]c(SCC(=O)Nc3cccc(Cl)c3Cl)n2)cc1. The Hall–Kier alpha value is -2.48. The van der Waals surface area contributed by atoms with E-state index >= 15 is 0 Å². The highest BCUT2D eigenvalue weighted by Crippen LogP contribution is 2.29. The number of thioether (sulfide) groups is 1. The van der Waals surface area contributed by atoms with Crippen molar-refractivity contribution in [1.29, 1.82) is 0 Å². The lowest BCUT2D eigenvalue weighted by Crippen LogP contribution is -2.15. The van der Waals surface area contributed by atoms with Crippen LogP contribution in [0.15, 0.2) is 58.5 Å². The van der Waals surface area contributed by atoms with Gasteiger partial charge in [-0.05, 0) is 36.4 Å². The molecule has 1 heterocycles. The molecule has 0 bridgehead atoms. The molecule has 3 rings (SSSR count). The summed E-state index contributed by atoms with van der Waals surface area (Å²) in [5, 5.41) is 3.65. The van der Waals surface area contributed by atoms with Gasteiger partial charge in [-0.3, -0.25) is 9.59 Å².